The van der Waals surface area contributed by atoms with E-state index in [9.17, 15) is 14.4 Å². The van der Waals surface area contributed by atoms with Crippen molar-refractivity contribution in [3.05, 3.63) is 35.9 Å². The third-order valence-electron chi connectivity index (χ3n) is 2.54. The molecule has 0 saturated heterocycles. The summed E-state index contributed by atoms with van der Waals surface area (Å²) in [5, 5.41) is 2.26. The first-order chi connectivity index (χ1) is 10.7. The Morgan fingerprint density at radius 2 is 1.74 bits per heavy atom. The quantitative estimate of drug-likeness (QED) is 0.658. The van der Waals surface area contributed by atoms with Gasteiger partial charge in [-0.25, -0.2) is 9.59 Å². The fourth-order valence-electron chi connectivity index (χ4n) is 1.62. The highest BCUT2D eigenvalue weighted by atomic mass is 16.6. The second-order valence-electron chi connectivity index (χ2n) is 5.66. The molecule has 1 atom stereocenters. The maximum atomic E-state index is 11.8. The van der Waals surface area contributed by atoms with Crippen molar-refractivity contribution < 1.29 is 28.6 Å². The smallest absolute Gasteiger partial charge is 0.408 e. The van der Waals surface area contributed by atoms with Crippen LogP contribution in [0.5, 0.6) is 0 Å². The summed E-state index contributed by atoms with van der Waals surface area (Å²) in [5.74, 6) is -1.49. The number of hydrogen-bond donors (Lipinski definition) is 1. The fraction of sp³-hybridized carbons (Fsp3) is 0.438. The summed E-state index contributed by atoms with van der Waals surface area (Å²) in [6, 6.07) is 8.45. The van der Waals surface area contributed by atoms with Gasteiger partial charge in [0.05, 0.1) is 7.11 Å². The minimum atomic E-state index is -1.19. The summed E-state index contributed by atoms with van der Waals surface area (Å²) in [6.07, 6.45) is -1.93. The van der Waals surface area contributed by atoms with Crippen molar-refractivity contribution in [2.75, 3.05) is 13.7 Å². The van der Waals surface area contributed by atoms with Crippen molar-refractivity contribution in [1.29, 1.82) is 0 Å². The minimum Gasteiger partial charge on any atom is -0.466 e. The van der Waals surface area contributed by atoms with Crippen LogP contribution in [-0.4, -0.2) is 37.3 Å². The first-order valence-corrected chi connectivity index (χ1v) is 7.02. The first kappa shape index (κ1) is 18.5. The SMILES string of the molecule is COC(=O)C(OC(=O)CNC(=O)OC(C)(C)C)c1ccccc1. The van der Waals surface area contributed by atoms with Gasteiger partial charge in [-0.2, -0.15) is 0 Å². The van der Waals surface area contributed by atoms with E-state index in [0.717, 1.165) is 0 Å². The van der Waals surface area contributed by atoms with Crippen LogP contribution in [-0.2, 0) is 23.8 Å². The van der Waals surface area contributed by atoms with E-state index in [1.54, 1.807) is 51.1 Å². The van der Waals surface area contributed by atoms with Crippen LogP contribution < -0.4 is 5.32 Å². The van der Waals surface area contributed by atoms with Gasteiger partial charge in [-0.15, -0.1) is 0 Å². The van der Waals surface area contributed by atoms with Gasteiger partial charge in [0.1, 0.15) is 12.1 Å². The predicted octanol–water partition coefficient (Wildman–Crippen LogP) is 1.97. The number of nitrogens with one attached hydrogen (secondary N) is 1. The Morgan fingerprint density at radius 3 is 2.26 bits per heavy atom. The van der Waals surface area contributed by atoms with Crippen molar-refractivity contribution >= 4 is 18.0 Å². The van der Waals surface area contributed by atoms with E-state index in [4.69, 9.17) is 9.47 Å². The van der Waals surface area contributed by atoms with E-state index >= 15 is 0 Å². The van der Waals surface area contributed by atoms with Crippen LogP contribution in [0.15, 0.2) is 30.3 Å². The van der Waals surface area contributed by atoms with E-state index < -0.39 is 36.3 Å². The molecule has 0 spiro atoms. The molecule has 0 radical (unpaired) electrons. The van der Waals surface area contributed by atoms with Crippen molar-refractivity contribution in [2.45, 2.75) is 32.5 Å². The molecule has 0 aliphatic heterocycles. The third-order valence-corrected chi connectivity index (χ3v) is 2.54. The summed E-state index contributed by atoms with van der Waals surface area (Å²) in [5.41, 5.74) is -0.197. The van der Waals surface area contributed by atoms with E-state index in [1.165, 1.54) is 7.11 Å². The minimum absolute atomic E-state index is 0.421. The molecule has 1 aromatic rings. The highest BCUT2D eigenvalue weighted by molar-refractivity contribution is 5.83. The maximum absolute atomic E-state index is 11.8. The molecule has 7 nitrogen and oxygen atoms in total. The van der Waals surface area contributed by atoms with E-state index in [1.807, 2.05) is 0 Å². The second-order valence-corrected chi connectivity index (χ2v) is 5.66. The van der Waals surface area contributed by atoms with Crippen LogP contribution >= 0.6 is 0 Å². The Kier molecular flexibility index (Phi) is 6.56. The zero-order valence-corrected chi connectivity index (χ0v) is 13.6. The van der Waals surface area contributed by atoms with Gasteiger partial charge in [-0.3, -0.25) is 4.79 Å². The van der Waals surface area contributed by atoms with Crippen LogP contribution in [0.3, 0.4) is 0 Å². The maximum Gasteiger partial charge on any atom is 0.408 e. The largest absolute Gasteiger partial charge is 0.466 e. The molecular formula is C16H21NO6. The molecule has 1 N–H and O–H groups in total. The van der Waals surface area contributed by atoms with Crippen molar-refractivity contribution in [3.63, 3.8) is 0 Å². The highest BCUT2D eigenvalue weighted by Gasteiger charge is 2.26. The lowest BCUT2D eigenvalue weighted by atomic mass is 10.1. The molecule has 1 amide bonds. The Labute approximate surface area is 134 Å². The van der Waals surface area contributed by atoms with Crippen molar-refractivity contribution in [3.8, 4) is 0 Å². The van der Waals surface area contributed by atoms with Crippen LogP contribution in [0.25, 0.3) is 0 Å². The summed E-state index contributed by atoms with van der Waals surface area (Å²) < 4.78 is 14.7. The molecule has 23 heavy (non-hydrogen) atoms. The van der Waals surface area contributed by atoms with Crippen LogP contribution in [0, 0.1) is 0 Å². The fourth-order valence-corrected chi connectivity index (χ4v) is 1.62. The number of carbonyl (C=O) groups excluding carboxylic acids is 3. The van der Waals surface area contributed by atoms with Crippen molar-refractivity contribution in [2.24, 2.45) is 0 Å². The lowest BCUT2D eigenvalue weighted by Gasteiger charge is -2.20. The van der Waals surface area contributed by atoms with Gasteiger partial charge >= 0.3 is 18.0 Å². The monoisotopic (exact) mass is 323 g/mol. The van der Waals surface area contributed by atoms with Gasteiger partial charge in [-0.1, -0.05) is 30.3 Å². The number of carbonyl (C=O) groups is 3. The molecule has 0 aliphatic carbocycles. The topological polar surface area (TPSA) is 90.9 Å². The highest BCUT2D eigenvalue weighted by Crippen LogP contribution is 2.18. The number of methoxy groups -OCH3 is 1. The van der Waals surface area contributed by atoms with E-state index in [0.29, 0.717) is 5.56 Å². The molecule has 7 heteroatoms. The first-order valence-electron chi connectivity index (χ1n) is 7.02. The number of esters is 2. The molecular weight excluding hydrogens is 302 g/mol. The van der Waals surface area contributed by atoms with Gasteiger partial charge in [0, 0.05) is 5.56 Å². The summed E-state index contributed by atoms with van der Waals surface area (Å²) in [4.78, 5) is 35.1. The predicted molar refractivity (Wildman–Crippen MR) is 81.5 cm³/mol. The molecule has 0 aromatic heterocycles. The standard InChI is InChI=1S/C16H21NO6/c1-16(2,3)23-15(20)17-10-12(18)22-13(14(19)21-4)11-8-6-5-7-9-11/h5-9,13H,10H2,1-4H3,(H,17,20). The second kappa shape index (κ2) is 8.17. The Hall–Kier alpha value is -2.57. The lowest BCUT2D eigenvalue weighted by Crippen LogP contribution is -2.36. The van der Waals surface area contributed by atoms with Gasteiger partial charge < -0.3 is 19.5 Å². The number of alkyl carbamates (subject to hydrolysis) is 1. The van der Waals surface area contributed by atoms with Crippen LogP contribution in [0.2, 0.25) is 0 Å². The van der Waals surface area contributed by atoms with Crippen LogP contribution in [0.4, 0.5) is 4.79 Å². The number of ether oxygens (including phenoxy) is 3. The average Bonchev–Trinajstić information content (AvgIpc) is 2.49. The van der Waals surface area contributed by atoms with Gasteiger partial charge in [0.2, 0.25) is 6.10 Å². The molecule has 1 unspecified atom stereocenters. The van der Waals surface area contributed by atoms with E-state index in [2.05, 4.69) is 10.1 Å². The molecule has 126 valence electrons. The summed E-state index contributed by atoms with van der Waals surface area (Å²) in [7, 11) is 1.20. The Balaban J connectivity index is 2.61. The van der Waals surface area contributed by atoms with Gasteiger partial charge in [0.15, 0.2) is 0 Å². The van der Waals surface area contributed by atoms with Gasteiger partial charge in [0.25, 0.3) is 0 Å². The molecule has 0 saturated carbocycles. The molecule has 1 rings (SSSR count). The molecule has 0 aliphatic rings. The summed E-state index contributed by atoms with van der Waals surface area (Å²) in [6.45, 7) is 4.68. The molecule has 1 aromatic carbocycles. The number of benzene rings is 1. The zero-order valence-electron chi connectivity index (χ0n) is 13.6. The van der Waals surface area contributed by atoms with Gasteiger partial charge in [-0.05, 0) is 20.8 Å². The van der Waals surface area contributed by atoms with Crippen LogP contribution in [0.1, 0.15) is 32.4 Å². The third kappa shape index (κ3) is 6.82. The Morgan fingerprint density at radius 1 is 1.13 bits per heavy atom. The average molecular weight is 323 g/mol. The molecule has 0 bridgehead atoms. The normalized spacial score (nSPS) is 12.0. The van der Waals surface area contributed by atoms with Crippen molar-refractivity contribution in [1.82, 2.24) is 5.32 Å². The molecule has 0 fully saturated rings. The number of hydrogen-bond acceptors (Lipinski definition) is 6. The molecule has 0 heterocycles. The number of amides is 1. The Bertz CT molecular complexity index is 549. The summed E-state index contributed by atoms with van der Waals surface area (Å²) >= 11 is 0. The number of rotatable bonds is 5. The lowest BCUT2D eigenvalue weighted by molar-refractivity contribution is -0.166. The van der Waals surface area contributed by atoms with E-state index in [-0.39, 0.29) is 0 Å². The zero-order chi connectivity index (χ0) is 17.5.